The second kappa shape index (κ2) is 10.9. The number of ether oxygens (including phenoxy) is 2. The summed E-state index contributed by atoms with van der Waals surface area (Å²) in [5, 5.41) is 0.678. The minimum absolute atomic E-state index is 0.0346. The van der Waals surface area contributed by atoms with Crippen molar-refractivity contribution < 1.29 is 19.1 Å². The molecule has 10 heteroatoms. The molecule has 0 bridgehead atoms. The average Bonchev–Trinajstić information content (AvgIpc) is 3.10. The lowest BCUT2D eigenvalue weighted by atomic mass is 10.2. The number of esters is 1. The Balaban J connectivity index is 1.54. The fraction of sp³-hybridized carbons (Fsp3) is 0.333. The van der Waals surface area contributed by atoms with Crippen molar-refractivity contribution in [2.24, 2.45) is 0 Å². The van der Waals surface area contributed by atoms with E-state index in [0.717, 1.165) is 0 Å². The van der Waals surface area contributed by atoms with E-state index in [9.17, 15) is 9.59 Å². The summed E-state index contributed by atoms with van der Waals surface area (Å²) in [6.07, 6.45) is 0.695. The number of carbonyl (C=O) groups is 2. The van der Waals surface area contributed by atoms with Gasteiger partial charge in [0.1, 0.15) is 5.75 Å². The summed E-state index contributed by atoms with van der Waals surface area (Å²) < 4.78 is 10.8. The summed E-state index contributed by atoms with van der Waals surface area (Å²) in [6, 6.07) is 12.4. The Morgan fingerprint density at radius 1 is 0.971 bits per heavy atom. The van der Waals surface area contributed by atoms with Gasteiger partial charge in [0.25, 0.3) is 5.91 Å². The van der Waals surface area contributed by atoms with Gasteiger partial charge in [-0.3, -0.25) is 4.79 Å². The van der Waals surface area contributed by atoms with Gasteiger partial charge in [-0.2, -0.15) is 0 Å². The Hall–Kier alpha value is -3.10. The van der Waals surface area contributed by atoms with Crippen molar-refractivity contribution in [2.75, 3.05) is 44.3 Å². The second-order valence-corrected chi connectivity index (χ2v) is 8.51. The number of benzene rings is 2. The van der Waals surface area contributed by atoms with Gasteiger partial charge in [-0.15, -0.1) is 0 Å². The van der Waals surface area contributed by atoms with Crippen molar-refractivity contribution in [1.82, 2.24) is 14.9 Å². The summed E-state index contributed by atoms with van der Waals surface area (Å²) in [4.78, 5) is 38.3. The van der Waals surface area contributed by atoms with Crippen LogP contribution in [0.15, 0.2) is 42.5 Å². The molecule has 1 aliphatic heterocycles. The van der Waals surface area contributed by atoms with Crippen molar-refractivity contribution in [2.45, 2.75) is 13.3 Å². The zero-order valence-corrected chi connectivity index (χ0v) is 20.2. The van der Waals surface area contributed by atoms with Crippen molar-refractivity contribution in [3.63, 3.8) is 0 Å². The maximum atomic E-state index is 12.7. The molecule has 34 heavy (non-hydrogen) atoms. The average molecular weight is 503 g/mol. The van der Waals surface area contributed by atoms with E-state index >= 15 is 0 Å². The number of aromatic nitrogens is 2. The highest BCUT2D eigenvalue weighted by Gasteiger charge is 2.26. The Labute approximate surface area is 207 Å². The van der Waals surface area contributed by atoms with Crippen LogP contribution in [0.3, 0.4) is 0 Å². The lowest BCUT2D eigenvalue weighted by Crippen LogP contribution is -2.38. The molecule has 2 heterocycles. The first kappa shape index (κ1) is 24.0. The highest BCUT2D eigenvalue weighted by molar-refractivity contribution is 6.42. The van der Waals surface area contributed by atoms with Gasteiger partial charge >= 0.3 is 5.97 Å². The van der Waals surface area contributed by atoms with E-state index in [1.165, 1.54) is 0 Å². The number of hydrogen-bond donors (Lipinski definition) is 0. The van der Waals surface area contributed by atoms with E-state index in [4.69, 9.17) is 32.7 Å². The quantitative estimate of drug-likeness (QED) is 0.466. The van der Waals surface area contributed by atoms with E-state index in [-0.39, 0.29) is 24.8 Å². The molecule has 1 aromatic heterocycles. The molecule has 0 atom stereocenters. The first-order chi connectivity index (χ1) is 16.5. The highest BCUT2D eigenvalue weighted by Crippen LogP contribution is 2.29. The van der Waals surface area contributed by atoms with Gasteiger partial charge in [0.05, 0.1) is 27.7 Å². The maximum Gasteiger partial charge on any atom is 0.360 e. The minimum Gasteiger partial charge on any atom is -0.484 e. The monoisotopic (exact) mass is 502 g/mol. The van der Waals surface area contributed by atoms with Gasteiger partial charge in [-0.05, 0) is 37.6 Å². The molecule has 1 amide bonds. The SMILES string of the molecule is CCOC(=O)c1nc2cc(Cl)c(Cl)cc2nc1N1CCCN(C(=O)COc2ccccc2)CC1. The fourth-order valence-corrected chi connectivity index (χ4v) is 4.05. The molecule has 0 saturated carbocycles. The Morgan fingerprint density at radius 3 is 2.38 bits per heavy atom. The molecule has 0 radical (unpaired) electrons. The zero-order chi connectivity index (χ0) is 24.1. The summed E-state index contributed by atoms with van der Waals surface area (Å²) in [7, 11) is 0. The highest BCUT2D eigenvalue weighted by atomic mass is 35.5. The largest absolute Gasteiger partial charge is 0.484 e. The van der Waals surface area contributed by atoms with Crippen LogP contribution in [-0.4, -0.2) is 66.1 Å². The van der Waals surface area contributed by atoms with Crippen LogP contribution in [0.4, 0.5) is 5.82 Å². The summed E-state index contributed by atoms with van der Waals surface area (Å²) >= 11 is 12.3. The van der Waals surface area contributed by atoms with Crippen LogP contribution in [0.1, 0.15) is 23.8 Å². The van der Waals surface area contributed by atoms with Crippen molar-refractivity contribution >= 4 is 51.9 Å². The lowest BCUT2D eigenvalue weighted by Gasteiger charge is -2.24. The van der Waals surface area contributed by atoms with Gasteiger partial charge in [0.15, 0.2) is 18.1 Å². The smallest absolute Gasteiger partial charge is 0.360 e. The molecule has 0 N–H and O–H groups in total. The summed E-state index contributed by atoms with van der Waals surface area (Å²) in [6.45, 7) is 4.01. The van der Waals surface area contributed by atoms with Crippen molar-refractivity contribution in [3.05, 3.63) is 58.2 Å². The van der Waals surface area contributed by atoms with Gasteiger partial charge in [-0.25, -0.2) is 14.8 Å². The molecule has 1 saturated heterocycles. The third kappa shape index (κ3) is 5.51. The predicted octanol–water partition coefficient (Wildman–Crippen LogP) is 4.23. The van der Waals surface area contributed by atoms with E-state index in [1.54, 1.807) is 24.0 Å². The first-order valence-corrected chi connectivity index (χ1v) is 11.8. The van der Waals surface area contributed by atoms with Gasteiger partial charge in [0, 0.05) is 26.2 Å². The van der Waals surface area contributed by atoms with E-state index in [0.29, 0.717) is 65.2 Å². The summed E-state index contributed by atoms with van der Waals surface area (Å²) in [5.41, 5.74) is 1.08. The van der Waals surface area contributed by atoms with E-state index in [2.05, 4.69) is 9.97 Å². The van der Waals surface area contributed by atoms with Gasteiger partial charge in [-0.1, -0.05) is 41.4 Å². The van der Waals surface area contributed by atoms with Crippen LogP contribution in [0.2, 0.25) is 10.0 Å². The molecule has 1 aliphatic rings. The number of amides is 1. The maximum absolute atomic E-state index is 12.7. The Bertz CT molecular complexity index is 1190. The molecule has 0 spiro atoms. The fourth-order valence-electron chi connectivity index (χ4n) is 3.73. The number of anilines is 1. The van der Waals surface area contributed by atoms with E-state index in [1.807, 2.05) is 35.2 Å². The van der Waals surface area contributed by atoms with Crippen LogP contribution in [-0.2, 0) is 9.53 Å². The number of halogens is 2. The van der Waals surface area contributed by atoms with E-state index < -0.39 is 5.97 Å². The number of fused-ring (bicyclic) bond motifs is 1. The standard InChI is InChI=1S/C24H24Cl2N4O4/c1-2-33-24(32)22-23(28-20-14-18(26)17(25)13-19(20)27-22)30-10-6-9-29(11-12-30)21(31)15-34-16-7-4-3-5-8-16/h3-5,7-8,13-14H,2,6,9-12,15H2,1H3. The molecule has 4 rings (SSSR count). The normalized spacial score (nSPS) is 14.1. The van der Waals surface area contributed by atoms with Gasteiger partial charge < -0.3 is 19.3 Å². The van der Waals surface area contributed by atoms with Crippen LogP contribution in [0, 0.1) is 0 Å². The van der Waals surface area contributed by atoms with Gasteiger partial charge in [0.2, 0.25) is 0 Å². The molecule has 2 aromatic carbocycles. The Morgan fingerprint density at radius 2 is 1.68 bits per heavy atom. The molecule has 1 fully saturated rings. The molecule has 3 aromatic rings. The topological polar surface area (TPSA) is 84.9 Å². The van der Waals surface area contributed by atoms with Crippen LogP contribution >= 0.6 is 23.2 Å². The Kier molecular flexibility index (Phi) is 7.70. The van der Waals surface area contributed by atoms with Crippen molar-refractivity contribution in [3.8, 4) is 5.75 Å². The van der Waals surface area contributed by atoms with Crippen LogP contribution in [0.5, 0.6) is 5.75 Å². The van der Waals surface area contributed by atoms with Crippen molar-refractivity contribution in [1.29, 1.82) is 0 Å². The minimum atomic E-state index is -0.564. The second-order valence-electron chi connectivity index (χ2n) is 7.69. The molecule has 0 aliphatic carbocycles. The zero-order valence-electron chi connectivity index (χ0n) is 18.7. The number of hydrogen-bond acceptors (Lipinski definition) is 7. The molecular formula is C24H24Cl2N4O4. The number of para-hydroxylation sites is 1. The molecular weight excluding hydrogens is 479 g/mol. The third-order valence-corrected chi connectivity index (χ3v) is 6.13. The molecule has 0 unspecified atom stereocenters. The number of carbonyl (C=O) groups excluding carboxylic acids is 2. The summed E-state index contributed by atoms with van der Waals surface area (Å²) in [5.74, 6) is 0.393. The molecule has 178 valence electrons. The number of rotatable bonds is 6. The third-order valence-electron chi connectivity index (χ3n) is 5.41. The predicted molar refractivity (Wildman–Crippen MR) is 131 cm³/mol. The first-order valence-electron chi connectivity index (χ1n) is 11.0. The van der Waals surface area contributed by atoms with Crippen LogP contribution < -0.4 is 9.64 Å². The number of nitrogens with zero attached hydrogens (tertiary/aromatic N) is 4. The van der Waals surface area contributed by atoms with Crippen LogP contribution in [0.25, 0.3) is 11.0 Å². The lowest BCUT2D eigenvalue weighted by molar-refractivity contribution is -0.133. The molecule has 8 nitrogen and oxygen atoms in total.